The molecular weight excluding hydrogens is 445 g/mol. The molecule has 0 aliphatic carbocycles. The minimum Gasteiger partial charge on any atom is -0.369 e. The second kappa shape index (κ2) is 10.3. The lowest BCUT2D eigenvalue weighted by Crippen LogP contribution is -2.44. The van der Waals surface area contributed by atoms with Crippen molar-refractivity contribution in [1.29, 1.82) is 0 Å². The van der Waals surface area contributed by atoms with Crippen LogP contribution in [0.3, 0.4) is 0 Å². The van der Waals surface area contributed by atoms with Gasteiger partial charge in [0, 0.05) is 54.4 Å². The van der Waals surface area contributed by atoms with Crippen LogP contribution in [0.4, 0.5) is 11.5 Å². The van der Waals surface area contributed by atoms with Gasteiger partial charge in [-0.2, -0.15) is 0 Å². The zero-order valence-electron chi connectivity index (χ0n) is 17.9. The number of aromatic nitrogens is 2. The van der Waals surface area contributed by atoms with Crippen LogP contribution in [-0.2, 0) is 17.6 Å². The molecule has 0 radical (unpaired) electrons. The molecule has 166 valence electrons. The first-order valence-corrected chi connectivity index (χ1v) is 11.3. The highest BCUT2D eigenvalue weighted by atomic mass is 35.5. The Morgan fingerprint density at radius 2 is 1.75 bits per heavy atom. The molecule has 0 spiro atoms. The van der Waals surface area contributed by atoms with Gasteiger partial charge >= 0.3 is 0 Å². The van der Waals surface area contributed by atoms with E-state index in [2.05, 4.69) is 56.4 Å². The van der Waals surface area contributed by atoms with Crippen molar-refractivity contribution < 1.29 is 4.79 Å². The maximum absolute atomic E-state index is 12.4. The summed E-state index contributed by atoms with van der Waals surface area (Å²) in [6.07, 6.45) is 2.25. The van der Waals surface area contributed by atoms with Crippen LogP contribution in [0.2, 0.25) is 10.0 Å². The summed E-state index contributed by atoms with van der Waals surface area (Å²) < 4.78 is 0. The van der Waals surface area contributed by atoms with Crippen molar-refractivity contribution in [3.05, 3.63) is 81.7 Å². The first-order chi connectivity index (χ1) is 15.5. The molecule has 2 heterocycles. The van der Waals surface area contributed by atoms with Crippen LogP contribution in [0.15, 0.2) is 54.9 Å². The third kappa shape index (κ3) is 5.97. The quantitative estimate of drug-likeness (QED) is 0.582. The lowest BCUT2D eigenvalue weighted by molar-refractivity contribution is -0.115. The van der Waals surface area contributed by atoms with Gasteiger partial charge in [0.1, 0.15) is 12.1 Å². The van der Waals surface area contributed by atoms with E-state index in [0.717, 1.165) is 37.4 Å². The van der Waals surface area contributed by atoms with E-state index in [9.17, 15) is 4.79 Å². The molecule has 2 aromatic carbocycles. The lowest BCUT2D eigenvalue weighted by atomic mass is 10.1. The van der Waals surface area contributed by atoms with E-state index < -0.39 is 0 Å². The number of piperazine rings is 1. The van der Waals surface area contributed by atoms with Crippen LogP contribution in [-0.4, -0.2) is 54.0 Å². The Morgan fingerprint density at radius 3 is 2.50 bits per heavy atom. The van der Waals surface area contributed by atoms with Crippen molar-refractivity contribution in [3.8, 4) is 0 Å². The average Bonchev–Trinajstić information content (AvgIpc) is 2.78. The highest BCUT2D eigenvalue weighted by Gasteiger charge is 2.14. The van der Waals surface area contributed by atoms with Gasteiger partial charge in [0.25, 0.3) is 0 Å². The SMILES string of the molecule is CN1CCN(c2ccc(Cc3cc(NC(=O)Cc4cc(Cl)ccc4Cl)ncn3)cc2)CC1. The van der Waals surface area contributed by atoms with E-state index in [0.29, 0.717) is 27.8 Å². The summed E-state index contributed by atoms with van der Waals surface area (Å²) in [5.41, 5.74) is 3.91. The Morgan fingerprint density at radius 1 is 1.00 bits per heavy atom. The molecule has 1 fully saturated rings. The van der Waals surface area contributed by atoms with Gasteiger partial charge in [-0.25, -0.2) is 9.97 Å². The monoisotopic (exact) mass is 469 g/mol. The Balaban J connectivity index is 1.36. The molecule has 0 saturated carbocycles. The predicted molar refractivity (Wildman–Crippen MR) is 130 cm³/mol. The molecular formula is C24H25Cl2N5O. The molecule has 1 amide bonds. The lowest BCUT2D eigenvalue weighted by Gasteiger charge is -2.34. The molecule has 3 aromatic rings. The Hall–Kier alpha value is -2.67. The van der Waals surface area contributed by atoms with Crippen molar-refractivity contribution in [2.24, 2.45) is 0 Å². The fourth-order valence-electron chi connectivity index (χ4n) is 3.70. The average molecular weight is 470 g/mol. The molecule has 1 N–H and O–H groups in total. The minimum absolute atomic E-state index is 0.118. The molecule has 0 unspecified atom stereocenters. The summed E-state index contributed by atoms with van der Waals surface area (Å²) in [7, 11) is 2.16. The van der Waals surface area contributed by atoms with Crippen LogP contribution in [0.5, 0.6) is 0 Å². The van der Waals surface area contributed by atoms with Crippen LogP contribution in [0, 0.1) is 0 Å². The van der Waals surface area contributed by atoms with Gasteiger partial charge in [-0.05, 0) is 48.5 Å². The number of amides is 1. The van der Waals surface area contributed by atoms with Crippen LogP contribution in [0.1, 0.15) is 16.8 Å². The van der Waals surface area contributed by atoms with Crippen molar-refractivity contribution in [3.63, 3.8) is 0 Å². The van der Waals surface area contributed by atoms with E-state index in [-0.39, 0.29) is 12.3 Å². The number of rotatable bonds is 6. The van der Waals surface area contributed by atoms with E-state index in [1.807, 2.05) is 0 Å². The van der Waals surface area contributed by atoms with Crippen LogP contribution in [0.25, 0.3) is 0 Å². The van der Waals surface area contributed by atoms with E-state index in [4.69, 9.17) is 23.2 Å². The number of hydrogen-bond donors (Lipinski definition) is 1. The standard InChI is InChI=1S/C24H25Cl2N5O/c1-30-8-10-31(11-9-30)21-5-2-17(3-6-21)12-20-15-23(28-16-27-20)29-24(32)14-18-13-19(25)4-7-22(18)26/h2-7,13,15-16H,8-12,14H2,1H3,(H,27,28,29,32). The third-order valence-electron chi connectivity index (χ3n) is 5.54. The van der Waals surface area contributed by atoms with Gasteiger partial charge < -0.3 is 15.1 Å². The van der Waals surface area contributed by atoms with Crippen molar-refractivity contribution in [2.75, 3.05) is 43.4 Å². The number of likely N-dealkylation sites (N-methyl/N-ethyl adjacent to an activating group) is 1. The largest absolute Gasteiger partial charge is 0.369 e. The van der Waals surface area contributed by atoms with Gasteiger partial charge in [0.2, 0.25) is 5.91 Å². The molecule has 1 aromatic heterocycles. The Bertz CT molecular complexity index is 1080. The third-order valence-corrected chi connectivity index (χ3v) is 6.14. The number of benzene rings is 2. The zero-order chi connectivity index (χ0) is 22.5. The summed E-state index contributed by atoms with van der Waals surface area (Å²) in [5.74, 6) is 0.252. The number of halogens is 2. The molecule has 0 atom stereocenters. The van der Waals surface area contributed by atoms with Crippen molar-refractivity contribution >= 4 is 40.6 Å². The number of carbonyl (C=O) groups is 1. The Kier molecular flexibility index (Phi) is 7.25. The maximum atomic E-state index is 12.4. The minimum atomic E-state index is -0.213. The molecule has 8 heteroatoms. The number of anilines is 2. The van der Waals surface area contributed by atoms with E-state index in [1.165, 1.54) is 12.0 Å². The number of carbonyl (C=O) groups excluding carboxylic acids is 1. The fraction of sp³-hybridized carbons (Fsp3) is 0.292. The molecule has 1 aliphatic rings. The summed E-state index contributed by atoms with van der Waals surface area (Å²) in [6, 6.07) is 15.5. The number of nitrogens with one attached hydrogen (secondary N) is 1. The number of hydrogen-bond acceptors (Lipinski definition) is 5. The van der Waals surface area contributed by atoms with Crippen LogP contribution >= 0.6 is 23.2 Å². The molecule has 4 rings (SSSR count). The summed E-state index contributed by atoms with van der Waals surface area (Å²) in [6.45, 7) is 4.26. The fourth-order valence-corrected chi connectivity index (χ4v) is 4.08. The van der Waals surface area contributed by atoms with Crippen molar-refractivity contribution in [2.45, 2.75) is 12.8 Å². The van der Waals surface area contributed by atoms with E-state index in [1.54, 1.807) is 24.3 Å². The zero-order valence-corrected chi connectivity index (χ0v) is 19.4. The molecule has 6 nitrogen and oxygen atoms in total. The normalized spacial score (nSPS) is 14.4. The molecule has 1 aliphatic heterocycles. The first-order valence-electron chi connectivity index (χ1n) is 10.5. The van der Waals surface area contributed by atoms with Gasteiger partial charge in [-0.15, -0.1) is 0 Å². The van der Waals surface area contributed by atoms with Gasteiger partial charge in [-0.3, -0.25) is 4.79 Å². The van der Waals surface area contributed by atoms with Crippen molar-refractivity contribution in [1.82, 2.24) is 14.9 Å². The van der Waals surface area contributed by atoms with E-state index >= 15 is 0 Å². The highest BCUT2D eigenvalue weighted by Crippen LogP contribution is 2.22. The second-order valence-corrected chi connectivity index (χ2v) is 8.83. The second-order valence-electron chi connectivity index (χ2n) is 7.99. The van der Waals surface area contributed by atoms with Gasteiger partial charge in [-0.1, -0.05) is 35.3 Å². The summed E-state index contributed by atoms with van der Waals surface area (Å²) >= 11 is 12.2. The highest BCUT2D eigenvalue weighted by molar-refractivity contribution is 6.33. The molecule has 0 bridgehead atoms. The smallest absolute Gasteiger partial charge is 0.230 e. The predicted octanol–water partition coefficient (Wildman–Crippen LogP) is 4.31. The Labute approximate surface area is 198 Å². The molecule has 1 saturated heterocycles. The topological polar surface area (TPSA) is 61.4 Å². The number of nitrogens with zero attached hydrogens (tertiary/aromatic N) is 4. The summed E-state index contributed by atoms with van der Waals surface area (Å²) in [5, 5.41) is 3.87. The summed E-state index contributed by atoms with van der Waals surface area (Å²) in [4.78, 5) is 25.7. The van der Waals surface area contributed by atoms with Gasteiger partial charge in [0.15, 0.2) is 0 Å². The van der Waals surface area contributed by atoms with Crippen LogP contribution < -0.4 is 10.2 Å². The van der Waals surface area contributed by atoms with Gasteiger partial charge in [0.05, 0.1) is 12.1 Å². The maximum Gasteiger partial charge on any atom is 0.230 e. The first kappa shape index (κ1) is 22.5. The molecule has 32 heavy (non-hydrogen) atoms.